The van der Waals surface area contributed by atoms with E-state index in [1.165, 1.54) is 10.6 Å². The Morgan fingerprint density at radius 2 is 2.00 bits per heavy atom. The molecule has 0 bridgehead atoms. The SMILES string of the molecule is CCCn1ccn(CC(=O)c2cc(Cl)sc2Cl)c1=O. The summed E-state index contributed by atoms with van der Waals surface area (Å²) in [5, 5.41) is 0. The van der Waals surface area contributed by atoms with Gasteiger partial charge in [-0.15, -0.1) is 11.3 Å². The van der Waals surface area contributed by atoms with E-state index >= 15 is 0 Å². The smallest absolute Gasteiger partial charge is 0.299 e. The highest BCUT2D eigenvalue weighted by Gasteiger charge is 2.16. The Morgan fingerprint density at radius 1 is 1.32 bits per heavy atom. The quantitative estimate of drug-likeness (QED) is 0.794. The van der Waals surface area contributed by atoms with Crippen molar-refractivity contribution < 1.29 is 4.79 Å². The highest BCUT2D eigenvalue weighted by molar-refractivity contribution is 7.20. The molecule has 0 saturated heterocycles. The van der Waals surface area contributed by atoms with Gasteiger partial charge in [-0.2, -0.15) is 0 Å². The average molecular weight is 319 g/mol. The molecule has 102 valence electrons. The second-order valence-electron chi connectivity index (χ2n) is 4.06. The topological polar surface area (TPSA) is 44.0 Å². The molecule has 2 heterocycles. The van der Waals surface area contributed by atoms with Gasteiger partial charge in [-0.1, -0.05) is 30.1 Å². The maximum absolute atomic E-state index is 12.1. The largest absolute Gasteiger partial charge is 0.328 e. The summed E-state index contributed by atoms with van der Waals surface area (Å²) in [4.78, 5) is 24.0. The number of nitrogens with zero attached hydrogens (tertiary/aromatic N) is 2. The zero-order valence-electron chi connectivity index (χ0n) is 10.2. The Labute approximate surface area is 124 Å². The highest BCUT2D eigenvalue weighted by atomic mass is 35.5. The summed E-state index contributed by atoms with van der Waals surface area (Å²) in [7, 11) is 0. The maximum Gasteiger partial charge on any atom is 0.328 e. The summed E-state index contributed by atoms with van der Waals surface area (Å²) in [5.41, 5.74) is 0.180. The minimum absolute atomic E-state index is 0.0255. The molecule has 0 aliphatic heterocycles. The highest BCUT2D eigenvalue weighted by Crippen LogP contribution is 2.31. The molecular formula is C12H12Cl2N2O2S. The van der Waals surface area contributed by atoms with Crippen molar-refractivity contribution in [2.45, 2.75) is 26.4 Å². The Balaban J connectivity index is 2.20. The molecule has 0 unspecified atom stereocenters. The monoisotopic (exact) mass is 318 g/mol. The van der Waals surface area contributed by atoms with Gasteiger partial charge < -0.3 is 0 Å². The van der Waals surface area contributed by atoms with Crippen LogP contribution in [0.4, 0.5) is 0 Å². The lowest BCUT2D eigenvalue weighted by atomic mass is 10.2. The van der Waals surface area contributed by atoms with E-state index in [1.807, 2.05) is 6.92 Å². The number of hydrogen-bond donors (Lipinski definition) is 0. The second kappa shape index (κ2) is 5.94. The van der Waals surface area contributed by atoms with Crippen LogP contribution in [0.5, 0.6) is 0 Å². The number of carbonyl (C=O) groups is 1. The van der Waals surface area contributed by atoms with E-state index in [-0.39, 0.29) is 18.0 Å². The summed E-state index contributed by atoms with van der Waals surface area (Å²) in [5.74, 6) is -0.218. The number of imidazole rings is 1. The van der Waals surface area contributed by atoms with Gasteiger partial charge in [0.25, 0.3) is 0 Å². The van der Waals surface area contributed by atoms with E-state index in [0.717, 1.165) is 17.8 Å². The summed E-state index contributed by atoms with van der Waals surface area (Å²) in [6.07, 6.45) is 4.16. The molecule has 0 aliphatic carbocycles. The maximum atomic E-state index is 12.1. The Kier molecular flexibility index (Phi) is 4.50. The number of rotatable bonds is 5. The van der Waals surface area contributed by atoms with Gasteiger partial charge in [0.15, 0.2) is 5.78 Å². The molecule has 2 rings (SSSR count). The van der Waals surface area contributed by atoms with Crippen molar-refractivity contribution in [2.75, 3.05) is 0 Å². The summed E-state index contributed by atoms with van der Waals surface area (Å²) >= 11 is 12.9. The Morgan fingerprint density at radius 3 is 2.58 bits per heavy atom. The van der Waals surface area contributed by atoms with E-state index in [4.69, 9.17) is 23.2 Å². The van der Waals surface area contributed by atoms with Crippen molar-refractivity contribution in [1.82, 2.24) is 9.13 Å². The van der Waals surface area contributed by atoms with Gasteiger partial charge in [-0.25, -0.2) is 4.79 Å². The molecule has 0 radical (unpaired) electrons. The molecule has 0 atom stereocenters. The van der Waals surface area contributed by atoms with Crippen LogP contribution in [0, 0.1) is 0 Å². The fourth-order valence-electron chi connectivity index (χ4n) is 1.76. The molecular weight excluding hydrogens is 307 g/mol. The van der Waals surface area contributed by atoms with Crippen LogP contribution in [0.25, 0.3) is 0 Å². The van der Waals surface area contributed by atoms with Gasteiger partial charge >= 0.3 is 5.69 Å². The standard InChI is InChI=1S/C12H12Cl2N2O2S/c1-2-3-15-4-5-16(12(15)18)7-9(17)8-6-10(13)19-11(8)14/h4-6H,2-3,7H2,1H3. The first-order valence-corrected chi connectivity index (χ1v) is 7.33. The second-order valence-corrected chi connectivity index (χ2v) is 6.35. The zero-order valence-corrected chi connectivity index (χ0v) is 12.6. The third-order valence-electron chi connectivity index (χ3n) is 2.65. The molecule has 7 heteroatoms. The van der Waals surface area contributed by atoms with Crippen LogP contribution in [0.2, 0.25) is 8.67 Å². The fraction of sp³-hybridized carbons (Fsp3) is 0.333. The van der Waals surface area contributed by atoms with Crippen molar-refractivity contribution >= 4 is 40.3 Å². The van der Waals surface area contributed by atoms with Gasteiger partial charge in [-0.3, -0.25) is 13.9 Å². The van der Waals surface area contributed by atoms with Crippen molar-refractivity contribution in [2.24, 2.45) is 0 Å². The number of aryl methyl sites for hydroxylation is 1. The Bertz CT molecular complexity index is 657. The first kappa shape index (κ1) is 14.4. The summed E-state index contributed by atoms with van der Waals surface area (Å²) < 4.78 is 3.77. The van der Waals surface area contributed by atoms with E-state index < -0.39 is 0 Å². The first-order chi connectivity index (χ1) is 9.02. The molecule has 0 aromatic carbocycles. The molecule has 0 fully saturated rings. The van der Waals surface area contributed by atoms with E-state index in [0.29, 0.717) is 20.8 Å². The lowest BCUT2D eigenvalue weighted by Gasteiger charge is -2.00. The predicted molar refractivity (Wildman–Crippen MR) is 77.7 cm³/mol. The number of thiophene rings is 1. The van der Waals surface area contributed by atoms with Crippen LogP contribution in [-0.2, 0) is 13.1 Å². The van der Waals surface area contributed by atoms with Crippen LogP contribution < -0.4 is 5.69 Å². The minimum Gasteiger partial charge on any atom is -0.299 e. The number of Topliss-reactive ketones (excluding diaryl/α,β-unsaturated/α-hetero) is 1. The van der Waals surface area contributed by atoms with Gasteiger partial charge in [0.1, 0.15) is 4.34 Å². The number of ketones is 1. The van der Waals surface area contributed by atoms with Crippen LogP contribution in [0.15, 0.2) is 23.3 Å². The molecule has 0 spiro atoms. The van der Waals surface area contributed by atoms with Crippen LogP contribution >= 0.6 is 34.5 Å². The van der Waals surface area contributed by atoms with Crippen molar-refractivity contribution in [3.05, 3.63) is 43.2 Å². The molecule has 0 aliphatic rings. The number of carbonyl (C=O) groups excluding carboxylic acids is 1. The van der Waals surface area contributed by atoms with E-state index in [9.17, 15) is 9.59 Å². The third-order valence-corrected chi connectivity index (χ3v) is 4.14. The van der Waals surface area contributed by atoms with Crippen molar-refractivity contribution in [3.8, 4) is 0 Å². The van der Waals surface area contributed by atoms with E-state index in [1.54, 1.807) is 17.0 Å². The number of aromatic nitrogens is 2. The van der Waals surface area contributed by atoms with Crippen LogP contribution in [-0.4, -0.2) is 14.9 Å². The molecule has 4 nitrogen and oxygen atoms in total. The zero-order chi connectivity index (χ0) is 14.0. The molecule has 19 heavy (non-hydrogen) atoms. The van der Waals surface area contributed by atoms with Crippen LogP contribution in [0.3, 0.4) is 0 Å². The molecule has 0 amide bonds. The summed E-state index contributed by atoms with van der Waals surface area (Å²) in [6.45, 7) is 2.61. The van der Waals surface area contributed by atoms with Gasteiger partial charge in [0.2, 0.25) is 0 Å². The van der Waals surface area contributed by atoms with Gasteiger partial charge in [0.05, 0.1) is 16.4 Å². The fourth-order valence-corrected chi connectivity index (χ4v) is 3.25. The predicted octanol–water partition coefficient (Wildman–Crippen LogP) is 3.31. The molecule has 0 N–H and O–H groups in total. The number of halogens is 2. The lowest BCUT2D eigenvalue weighted by molar-refractivity contribution is 0.0971. The summed E-state index contributed by atoms with van der Waals surface area (Å²) in [6, 6.07) is 1.53. The minimum atomic E-state index is -0.218. The number of hydrogen-bond acceptors (Lipinski definition) is 3. The normalized spacial score (nSPS) is 10.9. The molecule has 2 aromatic heterocycles. The van der Waals surface area contributed by atoms with E-state index in [2.05, 4.69) is 0 Å². The Hall–Kier alpha value is -1.04. The molecule has 2 aromatic rings. The first-order valence-electron chi connectivity index (χ1n) is 5.76. The van der Waals surface area contributed by atoms with Crippen LogP contribution in [0.1, 0.15) is 23.7 Å². The lowest BCUT2D eigenvalue weighted by Crippen LogP contribution is -2.26. The third kappa shape index (κ3) is 3.11. The van der Waals surface area contributed by atoms with Gasteiger partial charge in [0, 0.05) is 18.9 Å². The molecule has 0 saturated carbocycles. The van der Waals surface area contributed by atoms with Crippen molar-refractivity contribution in [1.29, 1.82) is 0 Å². The average Bonchev–Trinajstić information content (AvgIpc) is 2.86. The van der Waals surface area contributed by atoms with Gasteiger partial charge in [-0.05, 0) is 12.5 Å². The van der Waals surface area contributed by atoms with Crippen molar-refractivity contribution in [3.63, 3.8) is 0 Å².